The molecule has 1 aromatic rings. The Bertz CT molecular complexity index is 657. The summed E-state index contributed by atoms with van der Waals surface area (Å²) in [6.45, 7) is 14.1. The Morgan fingerprint density at radius 3 is 2.21 bits per heavy atom. The van der Waals surface area contributed by atoms with Crippen LogP contribution in [0.3, 0.4) is 0 Å². The maximum absolute atomic E-state index is 12.8. The number of ether oxygens (including phenoxy) is 1. The number of rotatable bonds is 5. The number of nitrogens with zero attached hydrogens (tertiary/aromatic N) is 2. The molecule has 1 heterocycles. The van der Waals surface area contributed by atoms with Crippen molar-refractivity contribution in [2.45, 2.75) is 45.1 Å². The van der Waals surface area contributed by atoms with Gasteiger partial charge in [0.2, 0.25) is 10.0 Å². The van der Waals surface area contributed by atoms with Crippen LogP contribution in [0.4, 0.5) is 0 Å². The predicted octanol–water partition coefficient (Wildman–Crippen LogP) is 2.42. The quantitative estimate of drug-likeness (QED) is 0.815. The number of aryl methyl sites for hydroxylation is 2. The molecule has 136 valence electrons. The highest BCUT2D eigenvalue weighted by Crippen LogP contribution is 2.20. The molecule has 0 spiro atoms. The lowest BCUT2D eigenvalue weighted by molar-refractivity contribution is -0.0156. The van der Waals surface area contributed by atoms with Crippen molar-refractivity contribution in [3.8, 4) is 0 Å². The van der Waals surface area contributed by atoms with E-state index < -0.39 is 10.0 Å². The largest absolute Gasteiger partial charge is 0.375 e. The van der Waals surface area contributed by atoms with Gasteiger partial charge in [-0.15, -0.1) is 0 Å². The second-order valence-electron chi connectivity index (χ2n) is 7.45. The fourth-order valence-electron chi connectivity index (χ4n) is 2.70. The van der Waals surface area contributed by atoms with E-state index in [1.165, 1.54) is 0 Å². The smallest absolute Gasteiger partial charge is 0.243 e. The van der Waals surface area contributed by atoms with E-state index in [1.807, 2.05) is 40.7 Å². The normalized spacial score (nSPS) is 18.0. The van der Waals surface area contributed by atoms with E-state index in [4.69, 9.17) is 4.74 Å². The first-order valence-electron chi connectivity index (χ1n) is 8.53. The molecular formula is C18H30N2O3S. The minimum atomic E-state index is -3.39. The summed E-state index contributed by atoms with van der Waals surface area (Å²) < 4.78 is 32.9. The first kappa shape index (κ1) is 19.4. The van der Waals surface area contributed by atoms with Gasteiger partial charge in [0.05, 0.1) is 17.1 Å². The first-order chi connectivity index (χ1) is 11.1. The van der Waals surface area contributed by atoms with E-state index in [2.05, 4.69) is 4.90 Å². The van der Waals surface area contributed by atoms with Crippen molar-refractivity contribution in [3.05, 3.63) is 29.3 Å². The number of hydrogen-bond acceptors (Lipinski definition) is 4. The van der Waals surface area contributed by atoms with Crippen molar-refractivity contribution in [2.24, 2.45) is 0 Å². The van der Waals surface area contributed by atoms with E-state index >= 15 is 0 Å². The molecule has 0 aromatic heterocycles. The minimum Gasteiger partial charge on any atom is -0.375 e. The van der Waals surface area contributed by atoms with Gasteiger partial charge in [-0.05, 0) is 57.9 Å². The molecule has 2 rings (SSSR count). The van der Waals surface area contributed by atoms with Gasteiger partial charge in [0.1, 0.15) is 0 Å². The summed E-state index contributed by atoms with van der Waals surface area (Å²) in [6.07, 6.45) is 0. The Morgan fingerprint density at radius 1 is 1.04 bits per heavy atom. The molecule has 0 radical (unpaired) electrons. The third-order valence-corrected chi connectivity index (χ3v) is 6.28. The molecule has 24 heavy (non-hydrogen) atoms. The lowest BCUT2D eigenvalue weighted by atomic mass is 10.1. The van der Waals surface area contributed by atoms with Crippen molar-refractivity contribution in [1.29, 1.82) is 0 Å². The van der Waals surface area contributed by atoms with Crippen LogP contribution in [0.5, 0.6) is 0 Å². The molecule has 5 nitrogen and oxygen atoms in total. The predicted molar refractivity (Wildman–Crippen MR) is 96.8 cm³/mol. The number of hydrogen-bond donors (Lipinski definition) is 0. The average Bonchev–Trinajstić information content (AvgIpc) is 2.49. The van der Waals surface area contributed by atoms with Gasteiger partial charge in [0.25, 0.3) is 0 Å². The van der Waals surface area contributed by atoms with Gasteiger partial charge in [-0.25, -0.2) is 8.42 Å². The van der Waals surface area contributed by atoms with E-state index in [0.29, 0.717) is 24.6 Å². The summed E-state index contributed by atoms with van der Waals surface area (Å²) >= 11 is 0. The van der Waals surface area contributed by atoms with Crippen LogP contribution in [0.2, 0.25) is 0 Å². The maximum atomic E-state index is 12.8. The minimum absolute atomic E-state index is 0.130. The van der Waals surface area contributed by atoms with Crippen LogP contribution in [-0.2, 0) is 14.8 Å². The zero-order valence-electron chi connectivity index (χ0n) is 15.5. The third kappa shape index (κ3) is 5.02. The summed E-state index contributed by atoms with van der Waals surface area (Å²) in [5.41, 5.74) is 1.99. The van der Waals surface area contributed by atoms with E-state index in [0.717, 1.165) is 30.8 Å². The SMILES string of the molecule is Cc1ccc(S(=O)(=O)N2CCN(CCOC(C)(C)C)CC2)cc1C. The Labute approximate surface area is 146 Å². The summed E-state index contributed by atoms with van der Waals surface area (Å²) in [6, 6.07) is 5.36. The highest BCUT2D eigenvalue weighted by atomic mass is 32.2. The van der Waals surface area contributed by atoms with Crippen LogP contribution in [0.15, 0.2) is 23.1 Å². The summed E-state index contributed by atoms with van der Waals surface area (Å²) in [5, 5.41) is 0. The Hall–Kier alpha value is -0.950. The number of piperazine rings is 1. The van der Waals surface area contributed by atoms with Crippen molar-refractivity contribution < 1.29 is 13.2 Å². The Morgan fingerprint density at radius 2 is 1.67 bits per heavy atom. The molecule has 1 saturated heterocycles. The highest BCUT2D eigenvalue weighted by molar-refractivity contribution is 7.89. The van der Waals surface area contributed by atoms with Crippen molar-refractivity contribution in [2.75, 3.05) is 39.3 Å². The van der Waals surface area contributed by atoms with Gasteiger partial charge in [-0.2, -0.15) is 4.31 Å². The molecule has 1 aliphatic rings. The van der Waals surface area contributed by atoms with Crippen molar-refractivity contribution >= 4 is 10.0 Å². The Kier molecular flexibility index (Phi) is 6.07. The lowest BCUT2D eigenvalue weighted by Crippen LogP contribution is -2.49. The fourth-order valence-corrected chi connectivity index (χ4v) is 4.21. The monoisotopic (exact) mass is 354 g/mol. The van der Waals surface area contributed by atoms with Gasteiger partial charge in [0, 0.05) is 32.7 Å². The van der Waals surface area contributed by atoms with Crippen LogP contribution in [0.25, 0.3) is 0 Å². The van der Waals surface area contributed by atoms with Crippen LogP contribution < -0.4 is 0 Å². The van der Waals surface area contributed by atoms with Gasteiger partial charge in [-0.3, -0.25) is 4.90 Å². The second kappa shape index (κ2) is 7.52. The Balaban J connectivity index is 1.92. The molecular weight excluding hydrogens is 324 g/mol. The third-order valence-electron chi connectivity index (χ3n) is 4.39. The highest BCUT2D eigenvalue weighted by Gasteiger charge is 2.28. The first-order valence-corrected chi connectivity index (χ1v) is 9.97. The zero-order valence-corrected chi connectivity index (χ0v) is 16.3. The summed E-state index contributed by atoms with van der Waals surface area (Å²) in [4.78, 5) is 2.66. The lowest BCUT2D eigenvalue weighted by Gasteiger charge is -2.34. The number of benzene rings is 1. The zero-order chi connectivity index (χ0) is 18.0. The van der Waals surface area contributed by atoms with Gasteiger partial charge < -0.3 is 4.74 Å². The molecule has 0 aliphatic carbocycles. The van der Waals surface area contributed by atoms with Gasteiger partial charge in [0.15, 0.2) is 0 Å². The van der Waals surface area contributed by atoms with Crippen LogP contribution >= 0.6 is 0 Å². The van der Waals surface area contributed by atoms with Crippen molar-refractivity contribution in [3.63, 3.8) is 0 Å². The summed E-state index contributed by atoms with van der Waals surface area (Å²) in [5.74, 6) is 0. The molecule has 0 bridgehead atoms. The number of sulfonamides is 1. The van der Waals surface area contributed by atoms with Gasteiger partial charge in [-0.1, -0.05) is 6.07 Å². The maximum Gasteiger partial charge on any atom is 0.243 e. The molecule has 6 heteroatoms. The van der Waals surface area contributed by atoms with Crippen LogP contribution in [-0.4, -0.2) is 62.6 Å². The van der Waals surface area contributed by atoms with E-state index in [-0.39, 0.29) is 5.60 Å². The molecule has 1 aliphatic heterocycles. The molecule has 0 amide bonds. The standard InChI is InChI=1S/C18H30N2O3S/c1-15-6-7-17(14-16(15)2)24(21,22)20-10-8-19(9-11-20)12-13-23-18(3,4)5/h6-7,14H,8-13H2,1-5H3. The average molecular weight is 355 g/mol. The van der Waals surface area contributed by atoms with Crippen LogP contribution in [0, 0.1) is 13.8 Å². The molecule has 0 saturated carbocycles. The second-order valence-corrected chi connectivity index (χ2v) is 9.39. The fraction of sp³-hybridized carbons (Fsp3) is 0.667. The van der Waals surface area contributed by atoms with Gasteiger partial charge >= 0.3 is 0 Å². The molecule has 0 atom stereocenters. The molecule has 1 fully saturated rings. The molecule has 0 unspecified atom stereocenters. The van der Waals surface area contributed by atoms with E-state index in [1.54, 1.807) is 16.4 Å². The van der Waals surface area contributed by atoms with Crippen LogP contribution in [0.1, 0.15) is 31.9 Å². The molecule has 0 N–H and O–H groups in total. The van der Waals surface area contributed by atoms with Crippen molar-refractivity contribution in [1.82, 2.24) is 9.21 Å². The topological polar surface area (TPSA) is 49.9 Å². The summed E-state index contributed by atoms with van der Waals surface area (Å²) in [7, 11) is -3.39. The molecule has 1 aromatic carbocycles. The van der Waals surface area contributed by atoms with E-state index in [9.17, 15) is 8.42 Å².